The standard InChI is InChI=1S/C35H36Cl3N3O5S/c1-23(2)39-35(43)32(18-25-8-6-5-7-9-25)40(21-26-12-13-27(36)19-30(26)37)34(42)22-41(28-14-17-33(46-4)31(38)20-28)47(44,45)29-15-10-24(3)11-16-29/h5-17,19-20,23,32H,18,21-22H2,1-4H3,(H,39,43)/t32-/m0/s1. The Morgan fingerprint density at radius 2 is 1.55 bits per heavy atom. The molecular formula is C35H36Cl3N3O5S. The molecule has 0 saturated carbocycles. The van der Waals surface area contributed by atoms with E-state index in [1.165, 1.54) is 42.3 Å². The molecule has 2 amide bonds. The van der Waals surface area contributed by atoms with Gasteiger partial charge in [-0.15, -0.1) is 0 Å². The van der Waals surface area contributed by atoms with E-state index < -0.39 is 34.4 Å². The predicted octanol–water partition coefficient (Wildman–Crippen LogP) is 7.32. The SMILES string of the molecule is COc1ccc(N(CC(=O)N(Cc2ccc(Cl)cc2Cl)[C@@H](Cc2ccccc2)C(=O)NC(C)C)S(=O)(=O)c2ccc(C)cc2)cc1Cl. The number of methoxy groups -OCH3 is 1. The van der Waals surface area contributed by atoms with Crippen LogP contribution < -0.4 is 14.4 Å². The summed E-state index contributed by atoms with van der Waals surface area (Å²) in [6, 6.07) is 23.7. The van der Waals surface area contributed by atoms with Gasteiger partial charge in [0, 0.05) is 29.1 Å². The average molecular weight is 717 g/mol. The molecule has 12 heteroatoms. The van der Waals surface area contributed by atoms with E-state index in [9.17, 15) is 18.0 Å². The van der Waals surface area contributed by atoms with E-state index in [4.69, 9.17) is 39.5 Å². The van der Waals surface area contributed by atoms with Gasteiger partial charge in [-0.1, -0.05) is 88.9 Å². The van der Waals surface area contributed by atoms with Crippen molar-refractivity contribution >= 4 is 62.3 Å². The number of carbonyl (C=O) groups is 2. The molecule has 0 bridgehead atoms. The third-order valence-corrected chi connectivity index (χ3v) is 10.0. The summed E-state index contributed by atoms with van der Waals surface area (Å²) >= 11 is 19.2. The zero-order valence-corrected chi connectivity index (χ0v) is 29.5. The van der Waals surface area contributed by atoms with Crippen LogP contribution >= 0.6 is 34.8 Å². The molecule has 0 aliphatic carbocycles. The Hall–Kier alpha value is -3.76. The minimum Gasteiger partial charge on any atom is -0.495 e. The molecule has 47 heavy (non-hydrogen) atoms. The van der Waals surface area contributed by atoms with Crippen LogP contribution in [0.15, 0.2) is 95.9 Å². The van der Waals surface area contributed by atoms with Crippen molar-refractivity contribution in [3.8, 4) is 5.75 Å². The van der Waals surface area contributed by atoms with Gasteiger partial charge in [0.15, 0.2) is 0 Å². The number of nitrogens with one attached hydrogen (secondary N) is 1. The molecule has 0 aliphatic heterocycles. The molecule has 4 rings (SSSR count). The van der Waals surface area contributed by atoms with E-state index in [-0.39, 0.29) is 34.6 Å². The van der Waals surface area contributed by atoms with Crippen molar-refractivity contribution in [2.75, 3.05) is 18.0 Å². The van der Waals surface area contributed by atoms with Crippen molar-refractivity contribution in [3.05, 3.63) is 123 Å². The number of anilines is 1. The Labute approximate surface area is 291 Å². The second-order valence-electron chi connectivity index (χ2n) is 11.3. The molecule has 0 aromatic heterocycles. The van der Waals surface area contributed by atoms with Crippen LogP contribution in [-0.4, -0.2) is 50.9 Å². The van der Waals surface area contributed by atoms with Gasteiger partial charge >= 0.3 is 0 Å². The third kappa shape index (κ3) is 9.20. The van der Waals surface area contributed by atoms with Gasteiger partial charge in [0.05, 0.1) is 22.7 Å². The van der Waals surface area contributed by atoms with Crippen LogP contribution in [0.5, 0.6) is 5.75 Å². The molecule has 1 atom stereocenters. The highest BCUT2D eigenvalue weighted by atomic mass is 35.5. The van der Waals surface area contributed by atoms with Crippen LogP contribution in [0.25, 0.3) is 0 Å². The number of ether oxygens (including phenoxy) is 1. The molecule has 0 aliphatic rings. The summed E-state index contributed by atoms with van der Waals surface area (Å²) in [6.07, 6.45) is 0.162. The Balaban J connectivity index is 1.85. The molecule has 0 saturated heterocycles. The summed E-state index contributed by atoms with van der Waals surface area (Å²) in [7, 11) is -2.86. The second kappa shape index (κ2) is 15.9. The van der Waals surface area contributed by atoms with Gasteiger partial charge in [-0.2, -0.15) is 0 Å². The van der Waals surface area contributed by atoms with Gasteiger partial charge in [0.25, 0.3) is 10.0 Å². The van der Waals surface area contributed by atoms with Crippen LogP contribution in [-0.2, 0) is 32.6 Å². The molecule has 0 radical (unpaired) electrons. The zero-order chi connectivity index (χ0) is 34.3. The first kappa shape index (κ1) is 36.1. The van der Waals surface area contributed by atoms with E-state index in [0.717, 1.165) is 15.4 Å². The van der Waals surface area contributed by atoms with Crippen molar-refractivity contribution in [2.45, 2.75) is 50.7 Å². The molecule has 0 unspecified atom stereocenters. The first-order chi connectivity index (χ1) is 22.3. The van der Waals surface area contributed by atoms with Gasteiger partial charge in [-0.25, -0.2) is 8.42 Å². The van der Waals surface area contributed by atoms with Crippen molar-refractivity contribution < 1.29 is 22.7 Å². The van der Waals surface area contributed by atoms with Crippen molar-refractivity contribution in [3.63, 3.8) is 0 Å². The lowest BCUT2D eigenvalue weighted by atomic mass is 10.0. The van der Waals surface area contributed by atoms with Gasteiger partial charge in [0.1, 0.15) is 18.3 Å². The first-order valence-electron chi connectivity index (χ1n) is 14.8. The van der Waals surface area contributed by atoms with E-state index >= 15 is 0 Å². The van der Waals surface area contributed by atoms with Crippen LogP contribution in [0.4, 0.5) is 5.69 Å². The van der Waals surface area contributed by atoms with E-state index in [1.54, 1.807) is 30.3 Å². The van der Waals surface area contributed by atoms with Gasteiger partial charge < -0.3 is 15.0 Å². The van der Waals surface area contributed by atoms with Crippen LogP contribution in [0.3, 0.4) is 0 Å². The number of carbonyl (C=O) groups excluding carboxylic acids is 2. The number of rotatable bonds is 13. The number of sulfonamides is 1. The normalized spacial score (nSPS) is 12.0. The summed E-state index contributed by atoms with van der Waals surface area (Å²) < 4.78 is 34.7. The highest BCUT2D eigenvalue weighted by Gasteiger charge is 2.35. The van der Waals surface area contributed by atoms with E-state index in [2.05, 4.69) is 5.32 Å². The van der Waals surface area contributed by atoms with Crippen molar-refractivity contribution in [1.82, 2.24) is 10.2 Å². The summed E-state index contributed by atoms with van der Waals surface area (Å²) in [6.45, 7) is 4.74. The smallest absolute Gasteiger partial charge is 0.264 e. The molecule has 4 aromatic carbocycles. The maximum Gasteiger partial charge on any atom is 0.264 e. The molecule has 248 valence electrons. The lowest BCUT2D eigenvalue weighted by Crippen LogP contribution is -2.54. The number of aryl methyl sites for hydroxylation is 1. The highest BCUT2D eigenvalue weighted by Crippen LogP contribution is 2.33. The molecule has 4 aromatic rings. The fourth-order valence-corrected chi connectivity index (χ4v) is 7.07. The van der Waals surface area contributed by atoms with E-state index in [0.29, 0.717) is 21.4 Å². The molecule has 0 fully saturated rings. The summed E-state index contributed by atoms with van der Waals surface area (Å²) in [5, 5.41) is 3.78. The first-order valence-corrected chi connectivity index (χ1v) is 17.4. The second-order valence-corrected chi connectivity index (χ2v) is 14.4. The lowest BCUT2D eigenvalue weighted by Gasteiger charge is -2.34. The topological polar surface area (TPSA) is 96.0 Å². The number of nitrogens with zero attached hydrogens (tertiary/aromatic N) is 2. The highest BCUT2D eigenvalue weighted by molar-refractivity contribution is 7.92. The molecule has 8 nitrogen and oxygen atoms in total. The van der Waals surface area contributed by atoms with Gasteiger partial charge in [0.2, 0.25) is 11.8 Å². The Bertz CT molecular complexity index is 1820. The Kier molecular flexibility index (Phi) is 12.2. The van der Waals surface area contributed by atoms with Crippen LogP contribution in [0.1, 0.15) is 30.5 Å². The minimum atomic E-state index is -4.30. The molecular weight excluding hydrogens is 681 g/mol. The molecule has 0 heterocycles. The fraction of sp³-hybridized carbons (Fsp3) is 0.257. The summed E-state index contributed by atoms with van der Waals surface area (Å²) in [4.78, 5) is 29.8. The minimum absolute atomic E-state index is 0.0199. The van der Waals surface area contributed by atoms with Crippen molar-refractivity contribution in [2.24, 2.45) is 0 Å². The Morgan fingerprint density at radius 1 is 0.872 bits per heavy atom. The lowest BCUT2D eigenvalue weighted by molar-refractivity contribution is -0.140. The quantitative estimate of drug-likeness (QED) is 0.157. The third-order valence-electron chi connectivity index (χ3n) is 7.37. The number of hydrogen-bond donors (Lipinski definition) is 1. The van der Waals surface area contributed by atoms with Crippen LogP contribution in [0.2, 0.25) is 15.1 Å². The zero-order valence-electron chi connectivity index (χ0n) is 26.4. The Morgan fingerprint density at radius 3 is 2.15 bits per heavy atom. The average Bonchev–Trinajstić information content (AvgIpc) is 3.02. The summed E-state index contributed by atoms with van der Waals surface area (Å²) in [5.41, 5.74) is 2.34. The predicted molar refractivity (Wildman–Crippen MR) is 188 cm³/mol. The maximum absolute atomic E-state index is 14.6. The van der Waals surface area contributed by atoms with Crippen molar-refractivity contribution in [1.29, 1.82) is 0 Å². The summed E-state index contributed by atoms with van der Waals surface area (Å²) in [5.74, 6) is -0.706. The van der Waals surface area contributed by atoms with Crippen LogP contribution in [0, 0.1) is 6.92 Å². The maximum atomic E-state index is 14.6. The fourth-order valence-electron chi connectivity index (χ4n) is 4.94. The molecule has 1 N–H and O–H groups in total. The number of benzene rings is 4. The van der Waals surface area contributed by atoms with E-state index in [1.807, 2.05) is 51.1 Å². The largest absolute Gasteiger partial charge is 0.495 e. The number of amides is 2. The van der Waals surface area contributed by atoms with Gasteiger partial charge in [-0.3, -0.25) is 13.9 Å². The number of hydrogen-bond acceptors (Lipinski definition) is 5. The van der Waals surface area contributed by atoms with Gasteiger partial charge in [-0.05, 0) is 74.4 Å². The number of halogens is 3. The monoisotopic (exact) mass is 715 g/mol. The molecule has 0 spiro atoms.